The minimum absolute atomic E-state index is 0.0330. The monoisotopic (exact) mass is 1080 g/mol. The molecule has 0 aliphatic carbocycles. The summed E-state index contributed by atoms with van der Waals surface area (Å²) in [6, 6.07) is 2.47. The third-order valence-electron chi connectivity index (χ3n) is 14.0. The molecule has 77 heavy (non-hydrogen) atoms. The number of carbonyl (C=O) groups is 10. The maximum Gasteiger partial charge on any atom is 0.243 e. The normalized spacial score (nSPS) is 25.0. The first kappa shape index (κ1) is 65.7. The van der Waals surface area contributed by atoms with Crippen LogP contribution in [0, 0.1) is 29.6 Å². The molecule has 0 spiro atoms. The Hall–Kier alpha value is -5.60. The number of carbonyl (C=O) groups excluding carboxylic acids is 10. The van der Waals surface area contributed by atoms with Crippen molar-refractivity contribution in [2.24, 2.45) is 52.5 Å². The predicted octanol–water partition coefficient (Wildman–Crippen LogP) is -3.42. The highest BCUT2D eigenvalue weighted by Gasteiger charge is 2.37. The van der Waals surface area contributed by atoms with E-state index in [0.29, 0.717) is 31.7 Å². The van der Waals surface area contributed by atoms with Crippen molar-refractivity contribution in [3.8, 4) is 0 Å². The van der Waals surface area contributed by atoms with Crippen LogP contribution in [-0.2, 0) is 54.4 Å². The summed E-state index contributed by atoms with van der Waals surface area (Å²) in [4.78, 5) is 142. The summed E-state index contributed by atoms with van der Waals surface area (Å²) >= 11 is 0. The van der Waals surface area contributed by atoms with Crippen LogP contribution in [0.2, 0.25) is 0 Å². The maximum atomic E-state index is 14.5. The van der Waals surface area contributed by atoms with Crippen LogP contribution in [0.4, 0.5) is 0 Å². The Morgan fingerprint density at radius 1 is 0.675 bits per heavy atom. The van der Waals surface area contributed by atoms with Crippen LogP contribution < -0.4 is 60.2 Å². The lowest BCUT2D eigenvalue weighted by Gasteiger charge is -2.28. The standard InChI is InChI=1S/C53H88N12O12/c1-31(2)24-44-53(77)63-43(13-18-57)52(76)62-42(12-17-56)47(71)29-39(33(4)67)50(74)59-19-14-35(48(72)60-40(10-15-54)46(70)27-36(49(73)64-44)25-34-8-6-5-7-9-34)26-45(69)41(11-16-55)61-51(75)38(32(3)66)28-37(68)30-65-22-20-58-21-23-65/h5-9,31-33,35-36,38-44,58,66-67H,10-30,54-57H2,1-4H3,(H,59,74)(H,60,72)(H,61,75)(H,62,76)(H,63,77)(H,64,73)/t32?,33?,35-,36+,38+,39+,40+,41+,42+,43+,44+/m1/s1. The Morgan fingerprint density at radius 3 is 1.79 bits per heavy atom. The minimum atomic E-state index is -1.40. The van der Waals surface area contributed by atoms with Gasteiger partial charge in [-0.3, -0.25) is 52.8 Å². The molecular formula is C53H88N12O12. The van der Waals surface area contributed by atoms with Gasteiger partial charge in [0.05, 0.1) is 48.7 Å². The van der Waals surface area contributed by atoms with Gasteiger partial charge in [0.1, 0.15) is 17.9 Å². The maximum absolute atomic E-state index is 14.5. The summed E-state index contributed by atoms with van der Waals surface area (Å²) in [5, 5.41) is 40.8. The van der Waals surface area contributed by atoms with Gasteiger partial charge >= 0.3 is 0 Å². The predicted molar refractivity (Wildman–Crippen MR) is 287 cm³/mol. The summed E-state index contributed by atoms with van der Waals surface area (Å²) in [6.07, 6.45) is -5.03. The fourth-order valence-electron chi connectivity index (χ4n) is 9.49. The highest BCUT2D eigenvalue weighted by Crippen LogP contribution is 2.21. The number of nitrogens with one attached hydrogen (secondary N) is 7. The molecule has 11 atom stereocenters. The quantitative estimate of drug-likeness (QED) is 0.0508. The van der Waals surface area contributed by atoms with Gasteiger partial charge in [-0.1, -0.05) is 44.2 Å². The number of rotatable bonds is 23. The Kier molecular flexibility index (Phi) is 29.3. The number of piperazine rings is 1. The van der Waals surface area contributed by atoms with E-state index in [4.69, 9.17) is 22.9 Å². The Balaban J connectivity index is 2.09. The van der Waals surface area contributed by atoms with Crippen LogP contribution in [0.3, 0.4) is 0 Å². The molecule has 6 amide bonds. The first-order chi connectivity index (χ1) is 36.6. The van der Waals surface area contributed by atoms with E-state index in [1.165, 1.54) is 13.8 Å². The number of aliphatic hydroxyl groups excluding tert-OH is 2. The van der Waals surface area contributed by atoms with Crippen molar-refractivity contribution in [1.29, 1.82) is 0 Å². The average Bonchev–Trinajstić information content (AvgIpc) is 3.37. The van der Waals surface area contributed by atoms with Gasteiger partial charge in [-0.2, -0.15) is 0 Å². The molecule has 3 rings (SSSR count). The van der Waals surface area contributed by atoms with Gasteiger partial charge in [-0.15, -0.1) is 0 Å². The molecular weight excluding hydrogens is 997 g/mol. The average molecular weight is 1090 g/mol. The number of aliphatic hydroxyl groups is 2. The van der Waals surface area contributed by atoms with Crippen molar-refractivity contribution in [3.63, 3.8) is 0 Å². The first-order valence-electron chi connectivity index (χ1n) is 27.1. The molecule has 0 saturated carbocycles. The smallest absolute Gasteiger partial charge is 0.243 e. The summed E-state index contributed by atoms with van der Waals surface area (Å²) in [5.41, 5.74) is 24.3. The van der Waals surface area contributed by atoms with Crippen molar-refractivity contribution in [2.75, 3.05) is 65.4 Å². The van der Waals surface area contributed by atoms with Crippen LogP contribution in [0.5, 0.6) is 0 Å². The second-order valence-electron chi connectivity index (χ2n) is 20.9. The van der Waals surface area contributed by atoms with E-state index < -0.39 is 138 Å². The number of Topliss-reactive ketones (excluding diaryl/α,β-unsaturated/α-hetero) is 4. The van der Waals surface area contributed by atoms with Gasteiger partial charge < -0.3 is 70.4 Å². The fourth-order valence-corrected chi connectivity index (χ4v) is 9.49. The van der Waals surface area contributed by atoms with E-state index in [1.807, 2.05) is 18.7 Å². The van der Waals surface area contributed by atoms with Crippen molar-refractivity contribution in [2.45, 2.75) is 141 Å². The highest BCUT2D eigenvalue weighted by atomic mass is 16.3. The van der Waals surface area contributed by atoms with Crippen LogP contribution in [0.1, 0.15) is 97.5 Å². The number of amides is 6. The highest BCUT2D eigenvalue weighted by molar-refractivity contribution is 5.98. The topological polar surface area (TPSA) is 403 Å². The minimum Gasteiger partial charge on any atom is -0.393 e. The molecule has 24 heteroatoms. The van der Waals surface area contributed by atoms with Crippen LogP contribution >= 0.6 is 0 Å². The van der Waals surface area contributed by atoms with Crippen LogP contribution in [0.25, 0.3) is 0 Å². The van der Waals surface area contributed by atoms with Gasteiger partial charge in [0, 0.05) is 70.2 Å². The van der Waals surface area contributed by atoms with E-state index in [0.717, 1.165) is 0 Å². The fraction of sp³-hybridized carbons (Fsp3) is 0.698. The number of ketones is 4. The molecule has 0 aromatic heterocycles. The Morgan fingerprint density at radius 2 is 1.22 bits per heavy atom. The summed E-state index contributed by atoms with van der Waals surface area (Å²) in [5.74, 6) is -12.0. The molecule has 1 aromatic rings. The van der Waals surface area contributed by atoms with E-state index in [2.05, 4.69) is 37.2 Å². The Bertz CT molecular complexity index is 2110. The third kappa shape index (κ3) is 22.7. The van der Waals surface area contributed by atoms with Crippen molar-refractivity contribution >= 4 is 58.6 Å². The van der Waals surface area contributed by atoms with Crippen molar-refractivity contribution in [1.82, 2.24) is 42.1 Å². The molecule has 432 valence electrons. The second-order valence-corrected chi connectivity index (χ2v) is 20.9. The number of hydrogen-bond acceptors (Lipinski definition) is 18. The largest absolute Gasteiger partial charge is 0.393 e. The molecule has 2 unspecified atom stereocenters. The van der Waals surface area contributed by atoms with E-state index in [-0.39, 0.29) is 102 Å². The molecule has 24 nitrogen and oxygen atoms in total. The number of benzene rings is 1. The summed E-state index contributed by atoms with van der Waals surface area (Å²) in [6.45, 7) is 8.39. The molecule has 1 aromatic carbocycles. The lowest BCUT2D eigenvalue weighted by molar-refractivity contribution is -0.137. The van der Waals surface area contributed by atoms with Crippen LogP contribution in [0.15, 0.2) is 30.3 Å². The SMILES string of the molecule is CC(C)C[C@@H]1NC(=O)[C@@H](Cc2ccccc2)CC(=O)[C@H](CCN)NC(=O)[C@@H](CC(=O)[C@H](CCN)NC(=O)[C@@H](CC(=O)CN2CCNCC2)C(C)O)CCNC(=O)[C@H](C(C)O)CC(=O)[C@H](CCN)NC(=O)[C@H](CCN)NC1=O. The van der Waals surface area contributed by atoms with Crippen molar-refractivity contribution in [3.05, 3.63) is 35.9 Å². The first-order valence-corrected chi connectivity index (χ1v) is 27.1. The molecule has 2 heterocycles. The van der Waals surface area contributed by atoms with Gasteiger partial charge in [0.15, 0.2) is 17.3 Å². The molecule has 17 N–H and O–H groups in total. The molecule has 2 saturated heterocycles. The van der Waals surface area contributed by atoms with E-state index >= 15 is 0 Å². The van der Waals surface area contributed by atoms with E-state index in [1.54, 1.807) is 30.3 Å². The van der Waals surface area contributed by atoms with Crippen molar-refractivity contribution < 1.29 is 58.2 Å². The molecule has 0 bridgehead atoms. The molecule has 2 aliphatic heterocycles. The van der Waals surface area contributed by atoms with Gasteiger partial charge in [0.2, 0.25) is 35.4 Å². The molecule has 2 aliphatic rings. The zero-order valence-electron chi connectivity index (χ0n) is 45.4. The number of hydrogen-bond donors (Lipinski definition) is 13. The van der Waals surface area contributed by atoms with Gasteiger partial charge in [-0.25, -0.2) is 0 Å². The number of nitrogens with two attached hydrogens (primary N) is 4. The zero-order chi connectivity index (χ0) is 57.2. The van der Waals surface area contributed by atoms with Gasteiger partial charge in [0.25, 0.3) is 0 Å². The molecule has 0 radical (unpaired) electrons. The lowest BCUT2D eigenvalue weighted by atomic mass is 9.89. The third-order valence-corrected chi connectivity index (χ3v) is 14.0. The lowest BCUT2D eigenvalue weighted by Crippen LogP contribution is -2.57. The number of nitrogens with zero attached hydrogens (tertiary/aromatic N) is 1. The van der Waals surface area contributed by atoms with E-state index in [9.17, 15) is 58.2 Å². The second kappa shape index (κ2) is 34.3. The molecule has 2 fully saturated rings. The summed E-state index contributed by atoms with van der Waals surface area (Å²) in [7, 11) is 0. The van der Waals surface area contributed by atoms with Gasteiger partial charge in [-0.05, 0) is 96.5 Å². The zero-order valence-corrected chi connectivity index (χ0v) is 45.4. The summed E-state index contributed by atoms with van der Waals surface area (Å²) < 4.78 is 0. The van der Waals surface area contributed by atoms with Crippen LogP contribution in [-0.4, -0.2) is 182 Å². The Labute approximate surface area is 452 Å².